The molecular formula is C9H18BNO4. The first kappa shape index (κ1) is 14.3. The SMILES string of the molecule is O=C=O.OB(O)CCC[C@@H]1CCCNC1. The van der Waals surface area contributed by atoms with Crippen molar-refractivity contribution in [2.24, 2.45) is 5.92 Å². The summed E-state index contributed by atoms with van der Waals surface area (Å²) in [4.78, 5) is 16.2. The zero-order valence-corrected chi connectivity index (χ0v) is 8.82. The Hall–Kier alpha value is -0.675. The molecule has 1 rings (SSSR count). The Morgan fingerprint density at radius 2 is 2.07 bits per heavy atom. The molecule has 0 aromatic rings. The van der Waals surface area contributed by atoms with Crippen LogP contribution in [0, 0.1) is 5.92 Å². The topological polar surface area (TPSA) is 86.6 Å². The van der Waals surface area contributed by atoms with Gasteiger partial charge >= 0.3 is 13.3 Å². The number of carbonyl (C=O) groups excluding carboxylic acids is 2. The van der Waals surface area contributed by atoms with Crippen molar-refractivity contribution in [2.45, 2.75) is 32.0 Å². The van der Waals surface area contributed by atoms with Gasteiger partial charge in [-0.3, -0.25) is 0 Å². The first-order chi connectivity index (χ1) is 7.20. The molecule has 0 radical (unpaired) electrons. The largest absolute Gasteiger partial charge is 0.451 e. The molecular weight excluding hydrogens is 197 g/mol. The van der Waals surface area contributed by atoms with Gasteiger partial charge in [-0.25, -0.2) is 0 Å². The third kappa shape index (κ3) is 9.63. The Labute approximate surface area is 90.0 Å². The van der Waals surface area contributed by atoms with E-state index in [-0.39, 0.29) is 6.15 Å². The summed E-state index contributed by atoms with van der Waals surface area (Å²) in [7, 11) is -1.11. The van der Waals surface area contributed by atoms with Crippen molar-refractivity contribution in [3.8, 4) is 0 Å². The van der Waals surface area contributed by atoms with Gasteiger partial charge in [0.15, 0.2) is 0 Å². The molecule has 0 aromatic carbocycles. The number of hydrogen-bond donors (Lipinski definition) is 3. The highest BCUT2D eigenvalue weighted by Gasteiger charge is 2.13. The van der Waals surface area contributed by atoms with Gasteiger partial charge in [0.25, 0.3) is 0 Å². The van der Waals surface area contributed by atoms with E-state index in [2.05, 4.69) is 5.32 Å². The third-order valence-electron chi connectivity index (χ3n) is 2.47. The van der Waals surface area contributed by atoms with E-state index >= 15 is 0 Å². The maximum Gasteiger partial charge on any atom is 0.451 e. The van der Waals surface area contributed by atoms with E-state index in [0.717, 1.165) is 31.8 Å². The molecule has 1 aliphatic heterocycles. The van der Waals surface area contributed by atoms with E-state index < -0.39 is 7.12 Å². The molecule has 5 nitrogen and oxygen atoms in total. The summed E-state index contributed by atoms with van der Waals surface area (Å²) in [6, 6.07) is 0. The van der Waals surface area contributed by atoms with Crippen molar-refractivity contribution < 1.29 is 19.6 Å². The van der Waals surface area contributed by atoms with E-state index in [1.165, 1.54) is 12.8 Å². The molecule has 0 aromatic heterocycles. The number of nitrogens with one attached hydrogen (secondary N) is 1. The van der Waals surface area contributed by atoms with Gasteiger partial charge in [-0.1, -0.05) is 6.42 Å². The summed E-state index contributed by atoms with van der Waals surface area (Å²) in [5, 5.41) is 20.6. The van der Waals surface area contributed by atoms with Gasteiger partial charge in [0.2, 0.25) is 0 Å². The fourth-order valence-electron chi connectivity index (χ4n) is 1.76. The first-order valence-electron chi connectivity index (χ1n) is 5.26. The Morgan fingerprint density at radius 3 is 2.53 bits per heavy atom. The van der Waals surface area contributed by atoms with Crippen LogP contribution in [0.1, 0.15) is 25.7 Å². The first-order valence-corrected chi connectivity index (χ1v) is 5.26. The zero-order valence-electron chi connectivity index (χ0n) is 8.82. The summed E-state index contributed by atoms with van der Waals surface area (Å²) in [5.74, 6) is 0.762. The predicted molar refractivity (Wildman–Crippen MR) is 54.8 cm³/mol. The average Bonchev–Trinajstić information content (AvgIpc) is 2.20. The second-order valence-electron chi connectivity index (χ2n) is 3.71. The van der Waals surface area contributed by atoms with E-state index in [9.17, 15) is 0 Å². The normalized spacial score (nSPS) is 19.7. The van der Waals surface area contributed by atoms with Crippen molar-refractivity contribution in [3.05, 3.63) is 0 Å². The fourth-order valence-corrected chi connectivity index (χ4v) is 1.76. The van der Waals surface area contributed by atoms with Crippen molar-refractivity contribution in [1.82, 2.24) is 5.32 Å². The zero-order chi connectivity index (χ0) is 11.5. The van der Waals surface area contributed by atoms with Gasteiger partial charge in [-0.15, -0.1) is 0 Å². The van der Waals surface area contributed by atoms with E-state index in [1.807, 2.05) is 0 Å². The maximum absolute atomic E-state index is 8.62. The Kier molecular flexibility index (Phi) is 9.42. The second kappa shape index (κ2) is 9.86. The van der Waals surface area contributed by atoms with Crippen LogP contribution in [0.2, 0.25) is 6.32 Å². The minimum atomic E-state index is -1.11. The lowest BCUT2D eigenvalue weighted by Gasteiger charge is -2.22. The van der Waals surface area contributed by atoms with Crippen LogP contribution in [0.15, 0.2) is 0 Å². The van der Waals surface area contributed by atoms with E-state index in [4.69, 9.17) is 19.6 Å². The van der Waals surface area contributed by atoms with Crippen molar-refractivity contribution in [3.63, 3.8) is 0 Å². The molecule has 6 heteroatoms. The fraction of sp³-hybridized carbons (Fsp3) is 0.889. The Balaban J connectivity index is 0.000000583. The van der Waals surface area contributed by atoms with E-state index in [0.29, 0.717) is 6.32 Å². The lowest BCUT2D eigenvalue weighted by atomic mass is 9.81. The van der Waals surface area contributed by atoms with Gasteiger partial charge in [0.05, 0.1) is 0 Å². The summed E-state index contributed by atoms with van der Waals surface area (Å²) in [5.41, 5.74) is 0. The van der Waals surface area contributed by atoms with Crippen molar-refractivity contribution in [1.29, 1.82) is 0 Å². The Morgan fingerprint density at radius 1 is 1.40 bits per heavy atom. The van der Waals surface area contributed by atoms with Gasteiger partial charge in [-0.05, 0) is 44.6 Å². The maximum atomic E-state index is 8.62. The molecule has 1 atom stereocenters. The minimum absolute atomic E-state index is 0.250. The van der Waals surface area contributed by atoms with Crippen molar-refractivity contribution >= 4 is 13.3 Å². The number of piperidine rings is 1. The molecule has 0 unspecified atom stereocenters. The lowest BCUT2D eigenvalue weighted by Crippen LogP contribution is -2.29. The highest BCUT2D eigenvalue weighted by Crippen LogP contribution is 2.17. The summed E-state index contributed by atoms with van der Waals surface area (Å²) < 4.78 is 0. The molecule has 1 aliphatic rings. The second-order valence-corrected chi connectivity index (χ2v) is 3.71. The van der Waals surface area contributed by atoms with Gasteiger partial charge in [0, 0.05) is 0 Å². The van der Waals surface area contributed by atoms with Crippen LogP contribution < -0.4 is 5.32 Å². The van der Waals surface area contributed by atoms with E-state index in [1.54, 1.807) is 0 Å². The van der Waals surface area contributed by atoms with Gasteiger partial charge < -0.3 is 15.4 Å². The van der Waals surface area contributed by atoms with Crippen LogP contribution in [0.5, 0.6) is 0 Å². The molecule has 0 bridgehead atoms. The molecule has 1 fully saturated rings. The molecule has 15 heavy (non-hydrogen) atoms. The molecule has 86 valence electrons. The van der Waals surface area contributed by atoms with Crippen LogP contribution in [0.25, 0.3) is 0 Å². The van der Waals surface area contributed by atoms with Crippen LogP contribution in [0.3, 0.4) is 0 Å². The lowest BCUT2D eigenvalue weighted by molar-refractivity contribution is -0.191. The standard InChI is InChI=1S/C8H18BNO2.CO2/c11-9(12)5-1-3-8-4-2-6-10-7-8;2-1-3/h8,10-12H,1-7H2;/t8-;/m1./s1. The summed E-state index contributed by atoms with van der Waals surface area (Å²) in [6.45, 7) is 2.26. The molecule has 3 N–H and O–H groups in total. The van der Waals surface area contributed by atoms with Crippen LogP contribution in [-0.4, -0.2) is 36.4 Å². The summed E-state index contributed by atoms with van der Waals surface area (Å²) >= 11 is 0. The predicted octanol–water partition coefficient (Wildman–Crippen LogP) is -0.345. The number of rotatable bonds is 4. The van der Waals surface area contributed by atoms with Crippen LogP contribution >= 0.6 is 0 Å². The molecule has 1 heterocycles. The van der Waals surface area contributed by atoms with Crippen molar-refractivity contribution in [2.75, 3.05) is 13.1 Å². The molecule has 0 saturated carbocycles. The van der Waals surface area contributed by atoms with Gasteiger partial charge in [-0.2, -0.15) is 9.59 Å². The van der Waals surface area contributed by atoms with Crippen LogP contribution in [-0.2, 0) is 9.59 Å². The highest BCUT2D eigenvalue weighted by atomic mass is 16.4. The van der Waals surface area contributed by atoms with Crippen LogP contribution in [0.4, 0.5) is 0 Å². The Bertz CT molecular complexity index is 177. The summed E-state index contributed by atoms with van der Waals surface area (Å²) in [6.07, 6.45) is 5.41. The quantitative estimate of drug-likeness (QED) is 0.558. The molecule has 1 saturated heterocycles. The molecule has 0 amide bonds. The smallest absolute Gasteiger partial charge is 0.427 e. The molecule has 0 spiro atoms. The average molecular weight is 215 g/mol. The monoisotopic (exact) mass is 215 g/mol. The minimum Gasteiger partial charge on any atom is -0.427 e. The third-order valence-corrected chi connectivity index (χ3v) is 2.47. The molecule has 0 aliphatic carbocycles. The van der Waals surface area contributed by atoms with Gasteiger partial charge in [0.1, 0.15) is 0 Å². The highest BCUT2D eigenvalue weighted by molar-refractivity contribution is 6.40. The number of hydrogen-bond acceptors (Lipinski definition) is 5.